The van der Waals surface area contributed by atoms with Gasteiger partial charge in [-0.05, 0) is 30.2 Å². The smallest absolute Gasteiger partial charge is 0.124 e. The number of benzene rings is 1. The molecule has 0 unspecified atom stereocenters. The van der Waals surface area contributed by atoms with E-state index in [0.717, 1.165) is 16.7 Å². The number of rotatable bonds is 1. The summed E-state index contributed by atoms with van der Waals surface area (Å²) in [4.78, 5) is 6.76. The third-order valence-electron chi connectivity index (χ3n) is 2.07. The van der Waals surface area contributed by atoms with Crippen molar-refractivity contribution in [1.29, 1.82) is 0 Å². The van der Waals surface area contributed by atoms with Gasteiger partial charge in [-0.1, -0.05) is 18.3 Å². The second-order valence-electron chi connectivity index (χ2n) is 3.31. The maximum absolute atomic E-state index is 13.2. The number of nitrogens with one attached hydrogen (secondary N) is 1. The van der Waals surface area contributed by atoms with Crippen LogP contribution in [0.3, 0.4) is 0 Å². The highest BCUT2D eigenvalue weighted by Crippen LogP contribution is 2.21. The van der Waals surface area contributed by atoms with Gasteiger partial charge in [0.25, 0.3) is 0 Å². The van der Waals surface area contributed by atoms with Gasteiger partial charge in [-0.2, -0.15) is 0 Å². The molecule has 0 saturated carbocycles. The number of hydrogen-bond acceptors (Lipinski definition) is 2. The van der Waals surface area contributed by atoms with Crippen LogP contribution in [0.25, 0.3) is 11.1 Å². The van der Waals surface area contributed by atoms with Crippen molar-refractivity contribution in [1.82, 2.24) is 9.97 Å². The van der Waals surface area contributed by atoms with E-state index in [1.165, 1.54) is 18.5 Å². The van der Waals surface area contributed by atoms with E-state index in [-0.39, 0.29) is 5.82 Å². The molecule has 1 aromatic heterocycles. The van der Waals surface area contributed by atoms with Gasteiger partial charge in [-0.3, -0.25) is 0 Å². The molecule has 1 heterocycles. The van der Waals surface area contributed by atoms with Crippen LogP contribution in [0.4, 0.5) is 4.39 Å². The molecule has 0 amide bonds. The van der Waals surface area contributed by atoms with Crippen LogP contribution in [0.2, 0.25) is 0 Å². The Morgan fingerprint density at radius 3 is 2.80 bits per heavy atom. The summed E-state index contributed by atoms with van der Waals surface area (Å²) >= 11 is 5.10. The molecule has 1 N–H and O–H groups in total. The molecule has 0 atom stereocenters. The van der Waals surface area contributed by atoms with E-state index in [1.54, 1.807) is 6.20 Å². The molecule has 0 saturated heterocycles. The van der Waals surface area contributed by atoms with Crippen molar-refractivity contribution in [2.45, 2.75) is 6.92 Å². The van der Waals surface area contributed by atoms with Crippen molar-refractivity contribution in [2.24, 2.45) is 0 Å². The standard InChI is InChI=1S/C11H9FN2S/c1-7-2-8(4-9(12)3-7)10-5-13-6-14-11(10)15/h2-6H,1H3,(H,13,14,15). The fraction of sp³-hybridized carbons (Fsp3) is 0.0909. The molecule has 0 fully saturated rings. The summed E-state index contributed by atoms with van der Waals surface area (Å²) in [5.74, 6) is -0.261. The summed E-state index contributed by atoms with van der Waals surface area (Å²) in [5.41, 5.74) is 2.36. The lowest BCUT2D eigenvalue weighted by atomic mass is 10.1. The second-order valence-corrected chi connectivity index (χ2v) is 3.72. The van der Waals surface area contributed by atoms with E-state index in [4.69, 9.17) is 12.2 Å². The lowest BCUT2D eigenvalue weighted by Crippen LogP contribution is -1.87. The number of aryl methyl sites for hydroxylation is 1. The molecule has 0 aliphatic rings. The number of H-pyrrole nitrogens is 1. The summed E-state index contributed by atoms with van der Waals surface area (Å²) in [5, 5.41) is 0. The fourth-order valence-electron chi connectivity index (χ4n) is 1.44. The first-order chi connectivity index (χ1) is 7.16. The summed E-state index contributed by atoms with van der Waals surface area (Å²) in [6.07, 6.45) is 3.14. The molecule has 0 aliphatic heterocycles. The topological polar surface area (TPSA) is 28.7 Å². The Morgan fingerprint density at radius 2 is 2.13 bits per heavy atom. The van der Waals surface area contributed by atoms with E-state index < -0.39 is 0 Å². The number of hydrogen-bond donors (Lipinski definition) is 1. The van der Waals surface area contributed by atoms with Crippen molar-refractivity contribution >= 4 is 12.2 Å². The first-order valence-electron chi connectivity index (χ1n) is 4.47. The Hall–Kier alpha value is -1.55. The minimum absolute atomic E-state index is 0.261. The van der Waals surface area contributed by atoms with Gasteiger partial charge < -0.3 is 4.98 Å². The average molecular weight is 220 g/mol. The quantitative estimate of drug-likeness (QED) is 0.747. The Morgan fingerprint density at radius 1 is 1.33 bits per heavy atom. The lowest BCUT2D eigenvalue weighted by molar-refractivity contribution is 0.627. The van der Waals surface area contributed by atoms with E-state index >= 15 is 0 Å². The van der Waals surface area contributed by atoms with E-state index in [2.05, 4.69) is 9.97 Å². The first-order valence-corrected chi connectivity index (χ1v) is 4.88. The Labute approximate surface area is 91.8 Å². The fourth-order valence-corrected chi connectivity index (χ4v) is 1.66. The molecule has 15 heavy (non-hydrogen) atoms. The highest BCUT2D eigenvalue weighted by Gasteiger charge is 2.03. The normalized spacial score (nSPS) is 10.3. The highest BCUT2D eigenvalue weighted by atomic mass is 32.1. The summed E-state index contributed by atoms with van der Waals surface area (Å²) in [6, 6.07) is 4.81. The third kappa shape index (κ3) is 2.10. The van der Waals surface area contributed by atoms with E-state index in [9.17, 15) is 4.39 Å². The van der Waals surface area contributed by atoms with Crippen molar-refractivity contribution < 1.29 is 4.39 Å². The van der Waals surface area contributed by atoms with E-state index in [0.29, 0.717) is 4.64 Å². The van der Waals surface area contributed by atoms with Gasteiger partial charge in [0.15, 0.2) is 0 Å². The van der Waals surface area contributed by atoms with Gasteiger partial charge in [-0.15, -0.1) is 0 Å². The second kappa shape index (κ2) is 3.90. The van der Waals surface area contributed by atoms with Crippen LogP contribution in [0, 0.1) is 17.4 Å². The Balaban J connectivity index is 2.64. The zero-order valence-electron chi connectivity index (χ0n) is 8.12. The summed E-state index contributed by atoms with van der Waals surface area (Å²) < 4.78 is 13.7. The van der Waals surface area contributed by atoms with Gasteiger partial charge in [0, 0.05) is 11.8 Å². The number of halogens is 1. The molecular formula is C11H9FN2S. The molecule has 2 nitrogen and oxygen atoms in total. The maximum atomic E-state index is 13.2. The molecular weight excluding hydrogens is 211 g/mol. The van der Waals surface area contributed by atoms with Crippen LogP contribution < -0.4 is 0 Å². The zero-order chi connectivity index (χ0) is 10.8. The molecule has 2 aromatic rings. The van der Waals surface area contributed by atoms with Crippen molar-refractivity contribution in [3.8, 4) is 11.1 Å². The molecule has 0 spiro atoms. The van der Waals surface area contributed by atoms with Gasteiger partial charge in [0.1, 0.15) is 10.5 Å². The van der Waals surface area contributed by atoms with Crippen LogP contribution in [0.5, 0.6) is 0 Å². The van der Waals surface area contributed by atoms with Crippen LogP contribution in [0.1, 0.15) is 5.56 Å². The predicted molar refractivity (Wildman–Crippen MR) is 59.6 cm³/mol. The average Bonchev–Trinajstić information content (AvgIpc) is 2.16. The summed E-state index contributed by atoms with van der Waals surface area (Å²) in [7, 11) is 0. The largest absolute Gasteiger partial charge is 0.337 e. The minimum Gasteiger partial charge on any atom is -0.337 e. The Bertz CT molecular complexity index is 528. The maximum Gasteiger partial charge on any atom is 0.124 e. The number of aromatic amines is 1. The lowest BCUT2D eigenvalue weighted by Gasteiger charge is -2.02. The van der Waals surface area contributed by atoms with Crippen molar-refractivity contribution in [3.05, 3.63) is 46.7 Å². The number of nitrogens with zero attached hydrogens (tertiary/aromatic N) is 1. The molecule has 0 bridgehead atoms. The monoisotopic (exact) mass is 220 g/mol. The van der Waals surface area contributed by atoms with Crippen LogP contribution in [-0.4, -0.2) is 9.97 Å². The van der Waals surface area contributed by atoms with Gasteiger partial charge in [-0.25, -0.2) is 9.37 Å². The van der Waals surface area contributed by atoms with Gasteiger partial charge >= 0.3 is 0 Å². The van der Waals surface area contributed by atoms with Crippen molar-refractivity contribution in [3.63, 3.8) is 0 Å². The van der Waals surface area contributed by atoms with Crippen LogP contribution >= 0.6 is 12.2 Å². The van der Waals surface area contributed by atoms with Crippen LogP contribution in [-0.2, 0) is 0 Å². The molecule has 0 radical (unpaired) electrons. The van der Waals surface area contributed by atoms with Gasteiger partial charge in [0.05, 0.1) is 6.33 Å². The first kappa shape index (κ1) is 9.98. The van der Waals surface area contributed by atoms with Crippen LogP contribution in [0.15, 0.2) is 30.7 Å². The molecule has 1 aromatic carbocycles. The molecule has 0 aliphatic carbocycles. The van der Waals surface area contributed by atoms with Gasteiger partial charge in [0.2, 0.25) is 0 Å². The zero-order valence-corrected chi connectivity index (χ0v) is 8.94. The van der Waals surface area contributed by atoms with Crippen molar-refractivity contribution in [2.75, 3.05) is 0 Å². The molecule has 2 rings (SSSR count). The molecule has 4 heteroatoms. The van der Waals surface area contributed by atoms with E-state index in [1.807, 2.05) is 13.0 Å². The highest BCUT2D eigenvalue weighted by molar-refractivity contribution is 7.71. The third-order valence-corrected chi connectivity index (χ3v) is 2.41. The summed E-state index contributed by atoms with van der Waals surface area (Å²) in [6.45, 7) is 1.84. The minimum atomic E-state index is -0.261. The SMILES string of the molecule is Cc1cc(F)cc(-c2cnc[nH]c2=S)c1. The number of aromatic nitrogens is 2. The Kier molecular flexibility index (Phi) is 2.60. The molecule has 76 valence electrons. The predicted octanol–water partition coefficient (Wildman–Crippen LogP) is 3.25.